The second-order valence-electron chi connectivity index (χ2n) is 6.31. The van der Waals surface area contributed by atoms with Gasteiger partial charge in [-0.05, 0) is 6.42 Å². The Kier molecular flexibility index (Phi) is 8.20. The molecule has 1 amide bonds. The number of amides is 1. The van der Waals surface area contributed by atoms with Gasteiger partial charge in [-0.25, -0.2) is 0 Å². The van der Waals surface area contributed by atoms with Gasteiger partial charge >= 0.3 is 5.97 Å². The largest absolute Gasteiger partial charge is 1.00 e. The summed E-state index contributed by atoms with van der Waals surface area (Å²) in [4.78, 5) is 34.9. The molecule has 2 rings (SSSR count). The van der Waals surface area contributed by atoms with Crippen molar-refractivity contribution in [3.63, 3.8) is 0 Å². The number of hydrogen-bond acceptors (Lipinski definition) is 6. The van der Waals surface area contributed by atoms with Gasteiger partial charge in [0.2, 0.25) is 11.0 Å². The lowest BCUT2D eigenvalue weighted by molar-refractivity contribution is -0.879. The predicted octanol–water partition coefficient (Wildman–Crippen LogP) is -2.74. The minimum absolute atomic E-state index is 0. The van der Waals surface area contributed by atoms with E-state index in [9.17, 15) is 14.4 Å². The average Bonchev–Trinajstić information content (AvgIpc) is 2.96. The van der Waals surface area contributed by atoms with Crippen LogP contribution in [0.2, 0.25) is 0 Å². The number of thioether (sulfide) groups is 2. The van der Waals surface area contributed by atoms with Crippen LogP contribution in [0, 0.1) is 0 Å². The Hall–Kier alpha value is -0.440. The number of nitrogens with zero attached hydrogens (tertiary/aromatic N) is 1. The molecule has 2 heterocycles. The number of esters is 1. The van der Waals surface area contributed by atoms with Crippen molar-refractivity contribution in [1.82, 2.24) is 5.32 Å². The van der Waals surface area contributed by atoms with E-state index < -0.39 is 0 Å². The van der Waals surface area contributed by atoms with Crippen molar-refractivity contribution in [3.05, 3.63) is 0 Å². The summed E-state index contributed by atoms with van der Waals surface area (Å²) in [5, 5.41) is 2.73. The topological polar surface area (TPSA) is 72.5 Å². The Balaban J connectivity index is 0.00000264. The van der Waals surface area contributed by atoms with E-state index in [4.69, 9.17) is 4.74 Å². The molecular weight excluding hydrogens is 360 g/mol. The Morgan fingerprint density at radius 3 is 2.65 bits per heavy atom. The van der Waals surface area contributed by atoms with Gasteiger partial charge in [-0.2, -0.15) is 0 Å². The first-order chi connectivity index (χ1) is 10.4. The van der Waals surface area contributed by atoms with E-state index in [-0.39, 0.29) is 53.1 Å². The molecule has 2 saturated heterocycles. The Bertz CT molecular complexity index is 462. The number of likely N-dealkylation sites (N-methyl/N-ethyl adjacent to an activating group) is 1. The number of likely N-dealkylation sites (tertiary alicyclic amines) is 1. The fourth-order valence-electron chi connectivity index (χ4n) is 2.63. The van der Waals surface area contributed by atoms with Crippen molar-refractivity contribution in [2.75, 3.05) is 44.4 Å². The number of halogens is 1. The van der Waals surface area contributed by atoms with E-state index in [1.165, 1.54) is 23.5 Å². The number of nitrogens with one attached hydrogen (secondary N) is 1. The molecule has 2 aliphatic rings. The average molecular weight is 383 g/mol. The lowest BCUT2D eigenvalue weighted by Gasteiger charge is -2.22. The van der Waals surface area contributed by atoms with Crippen LogP contribution in [-0.2, 0) is 19.1 Å². The molecule has 0 spiro atoms. The highest BCUT2D eigenvalue weighted by Gasteiger charge is 2.33. The van der Waals surface area contributed by atoms with Gasteiger partial charge in [0.05, 0.1) is 38.2 Å². The van der Waals surface area contributed by atoms with Crippen LogP contribution in [0.1, 0.15) is 12.8 Å². The first-order valence-corrected chi connectivity index (χ1v) is 9.55. The Labute approximate surface area is 151 Å². The number of ether oxygens (including phenoxy) is 1. The summed E-state index contributed by atoms with van der Waals surface area (Å²) in [6, 6.07) is -0.358. The molecule has 23 heavy (non-hydrogen) atoms. The number of carbonyl (C=O) groups is 3. The molecule has 0 bridgehead atoms. The second kappa shape index (κ2) is 9.15. The summed E-state index contributed by atoms with van der Waals surface area (Å²) in [6.45, 7) is 1.86. The number of rotatable bonds is 6. The predicted molar refractivity (Wildman–Crippen MR) is 87.7 cm³/mol. The van der Waals surface area contributed by atoms with Crippen molar-refractivity contribution in [2.45, 2.75) is 25.0 Å². The number of carbonyl (C=O) groups excluding carboxylic acids is 3. The van der Waals surface area contributed by atoms with Gasteiger partial charge in [-0.3, -0.25) is 14.4 Å². The summed E-state index contributed by atoms with van der Waals surface area (Å²) >= 11 is 2.49. The van der Waals surface area contributed by atoms with E-state index in [0.29, 0.717) is 6.42 Å². The third-order valence-corrected chi connectivity index (χ3v) is 5.69. The molecule has 0 aromatic carbocycles. The van der Waals surface area contributed by atoms with Gasteiger partial charge < -0.3 is 26.9 Å². The highest BCUT2D eigenvalue weighted by molar-refractivity contribution is 8.14. The van der Waals surface area contributed by atoms with Crippen LogP contribution < -0.4 is 17.7 Å². The van der Waals surface area contributed by atoms with Crippen molar-refractivity contribution >= 4 is 40.5 Å². The molecule has 2 unspecified atom stereocenters. The fraction of sp³-hybridized carbons (Fsp3) is 0.786. The third kappa shape index (κ3) is 6.91. The zero-order valence-corrected chi connectivity index (χ0v) is 15.8. The summed E-state index contributed by atoms with van der Waals surface area (Å²) < 4.78 is 6.29. The number of hydrogen-bond donors (Lipinski definition) is 1. The first kappa shape index (κ1) is 20.6. The maximum Gasteiger partial charge on any atom is 0.316 e. The molecule has 2 fully saturated rings. The minimum Gasteiger partial charge on any atom is -1.00 e. The lowest BCUT2D eigenvalue weighted by Crippen LogP contribution is -3.00. The number of quaternary nitrogens is 1. The Morgan fingerprint density at radius 2 is 2.09 bits per heavy atom. The third-order valence-electron chi connectivity index (χ3n) is 3.78. The maximum atomic E-state index is 11.7. The van der Waals surface area contributed by atoms with Gasteiger partial charge in [-0.1, -0.05) is 11.8 Å². The maximum absolute atomic E-state index is 11.7. The zero-order valence-electron chi connectivity index (χ0n) is 13.4. The first-order valence-electron chi connectivity index (χ1n) is 7.41. The van der Waals surface area contributed by atoms with E-state index >= 15 is 0 Å². The molecule has 0 saturated carbocycles. The molecule has 0 radical (unpaired) electrons. The van der Waals surface area contributed by atoms with Crippen molar-refractivity contribution in [2.24, 2.45) is 0 Å². The van der Waals surface area contributed by atoms with E-state index in [2.05, 4.69) is 19.4 Å². The monoisotopic (exact) mass is 382 g/mol. The highest BCUT2D eigenvalue weighted by atomic mass is 35.5. The van der Waals surface area contributed by atoms with Gasteiger partial charge in [0, 0.05) is 12.2 Å². The minimum atomic E-state index is -0.358. The normalized spacial score (nSPS) is 25.7. The Morgan fingerprint density at radius 1 is 1.35 bits per heavy atom. The van der Waals surface area contributed by atoms with Gasteiger partial charge in [0.25, 0.3) is 0 Å². The van der Waals surface area contributed by atoms with Crippen LogP contribution in [-0.4, -0.2) is 78.1 Å². The molecular formula is C14H23ClN2O4S2. The van der Waals surface area contributed by atoms with E-state index in [1.807, 2.05) is 0 Å². The smallest absolute Gasteiger partial charge is 0.316 e. The molecule has 9 heteroatoms. The summed E-state index contributed by atoms with van der Waals surface area (Å²) in [5.74, 6) is 0.648. The molecule has 2 aliphatic heterocycles. The van der Waals surface area contributed by atoms with Crippen LogP contribution in [0.5, 0.6) is 0 Å². The fourth-order valence-corrected chi connectivity index (χ4v) is 4.17. The molecule has 0 aliphatic carbocycles. The van der Waals surface area contributed by atoms with Crippen LogP contribution in [0.3, 0.4) is 0 Å². The van der Waals surface area contributed by atoms with Crippen molar-refractivity contribution in [3.8, 4) is 0 Å². The second-order valence-corrected chi connectivity index (χ2v) is 8.40. The molecule has 132 valence electrons. The van der Waals surface area contributed by atoms with Gasteiger partial charge in [-0.15, -0.1) is 11.8 Å². The summed E-state index contributed by atoms with van der Waals surface area (Å²) in [7, 11) is 4.24. The molecule has 1 N–H and O–H groups in total. The van der Waals surface area contributed by atoms with Gasteiger partial charge in [0.15, 0.2) is 6.10 Å². The van der Waals surface area contributed by atoms with Crippen LogP contribution in [0.15, 0.2) is 0 Å². The molecule has 0 aromatic heterocycles. The molecule has 2 atom stereocenters. The van der Waals surface area contributed by atoms with Crippen molar-refractivity contribution in [1.29, 1.82) is 0 Å². The van der Waals surface area contributed by atoms with Crippen LogP contribution >= 0.6 is 23.5 Å². The molecule has 6 nitrogen and oxygen atoms in total. The lowest BCUT2D eigenvalue weighted by atomic mass is 10.2. The van der Waals surface area contributed by atoms with Crippen LogP contribution in [0.25, 0.3) is 0 Å². The highest BCUT2D eigenvalue weighted by Crippen LogP contribution is 2.20. The molecule has 0 aromatic rings. The van der Waals surface area contributed by atoms with Gasteiger partial charge in [0.1, 0.15) is 6.54 Å². The SMILES string of the molecule is C[N+]1(C)CCC(OC(=O)CSCC(=O)NC2CCSC2=O)C1.[Cl-]. The summed E-state index contributed by atoms with van der Waals surface area (Å²) in [6.07, 6.45) is 1.58. The van der Waals surface area contributed by atoms with E-state index in [1.54, 1.807) is 0 Å². The zero-order chi connectivity index (χ0) is 16.2. The standard InChI is InChI=1S/C14H22N2O4S2.ClH/c1-16(2)5-3-10(7-16)20-13(18)9-21-8-12(17)15-11-4-6-22-14(11)19;/h10-11H,3-9H2,1-2H3;1H. The van der Waals surface area contributed by atoms with Crippen molar-refractivity contribution < 1.29 is 36.0 Å². The summed E-state index contributed by atoms with van der Waals surface area (Å²) in [5.41, 5.74) is 0. The van der Waals surface area contributed by atoms with E-state index in [0.717, 1.165) is 29.7 Å². The van der Waals surface area contributed by atoms with Crippen LogP contribution in [0.4, 0.5) is 0 Å². The quantitative estimate of drug-likeness (QED) is 0.397.